The third-order valence-electron chi connectivity index (χ3n) is 7.57. The van der Waals surface area contributed by atoms with Gasteiger partial charge in [-0.2, -0.15) is 0 Å². The topological polar surface area (TPSA) is 53.6 Å². The van der Waals surface area contributed by atoms with Crippen molar-refractivity contribution in [3.05, 3.63) is 59.7 Å². The van der Waals surface area contributed by atoms with Crippen molar-refractivity contribution < 1.29 is 9.53 Å². The number of amides is 2. The molecule has 2 N–H and O–H groups in total. The minimum atomic E-state index is -0.460. The minimum absolute atomic E-state index is 0.0793. The molecule has 1 atom stereocenters. The van der Waals surface area contributed by atoms with Crippen LogP contribution in [-0.4, -0.2) is 49.8 Å². The first-order valence-electron chi connectivity index (χ1n) is 12.3. The normalized spacial score (nSPS) is 24.5. The molecule has 3 aliphatic heterocycles. The zero-order valence-corrected chi connectivity index (χ0v) is 20.6. The van der Waals surface area contributed by atoms with Crippen LogP contribution < -0.4 is 10.6 Å². The van der Waals surface area contributed by atoms with Gasteiger partial charge in [-0.25, -0.2) is 4.79 Å². The lowest BCUT2D eigenvalue weighted by atomic mass is 9.74. The fourth-order valence-corrected chi connectivity index (χ4v) is 5.47. The third kappa shape index (κ3) is 5.59. The fourth-order valence-electron chi connectivity index (χ4n) is 5.47. The Morgan fingerprint density at radius 1 is 1.06 bits per heavy atom. The summed E-state index contributed by atoms with van der Waals surface area (Å²) < 4.78 is 5.14. The molecule has 5 rings (SSSR count). The second kappa shape index (κ2) is 9.86. The molecule has 178 valence electrons. The Labute approximate surface area is 198 Å². The van der Waals surface area contributed by atoms with Crippen molar-refractivity contribution in [2.45, 2.75) is 57.5 Å². The predicted molar refractivity (Wildman–Crippen MR) is 134 cm³/mol. The van der Waals surface area contributed by atoms with E-state index < -0.39 is 5.54 Å². The molecule has 3 saturated heterocycles. The van der Waals surface area contributed by atoms with E-state index in [0.717, 1.165) is 44.6 Å². The maximum Gasteiger partial charge on any atom is 0.315 e. The average Bonchev–Trinajstić information content (AvgIpc) is 2.79. The van der Waals surface area contributed by atoms with Crippen LogP contribution in [0.15, 0.2) is 48.5 Å². The second-order valence-corrected chi connectivity index (χ2v) is 10.5. The highest BCUT2D eigenvalue weighted by Crippen LogP contribution is 2.35. The summed E-state index contributed by atoms with van der Waals surface area (Å²) in [5.41, 5.74) is 4.21. The summed E-state index contributed by atoms with van der Waals surface area (Å²) in [5.74, 6) is 0.571. The van der Waals surface area contributed by atoms with Crippen molar-refractivity contribution >= 4 is 6.03 Å². The second-order valence-electron chi connectivity index (χ2n) is 10.5. The van der Waals surface area contributed by atoms with Gasteiger partial charge in [-0.05, 0) is 87.7 Å². The molecule has 33 heavy (non-hydrogen) atoms. The maximum absolute atomic E-state index is 12.9. The number of fused-ring (bicyclic) bond motifs is 3. The van der Waals surface area contributed by atoms with Gasteiger partial charge in [0.25, 0.3) is 0 Å². The Hall–Kier alpha value is -2.37. The molecular weight excluding hydrogens is 410 g/mol. The van der Waals surface area contributed by atoms with Crippen molar-refractivity contribution in [2.75, 3.05) is 33.4 Å². The number of urea groups is 1. The van der Waals surface area contributed by atoms with Crippen LogP contribution >= 0.6 is 0 Å². The van der Waals surface area contributed by atoms with E-state index in [9.17, 15) is 4.79 Å². The fraction of sp³-hybridized carbons (Fsp3) is 0.536. The third-order valence-corrected chi connectivity index (χ3v) is 7.57. The number of hydrogen-bond donors (Lipinski definition) is 2. The number of benzene rings is 2. The van der Waals surface area contributed by atoms with Gasteiger partial charge >= 0.3 is 6.03 Å². The van der Waals surface area contributed by atoms with Crippen LogP contribution in [0, 0.1) is 5.92 Å². The Bertz CT molecular complexity index is 931. The van der Waals surface area contributed by atoms with Gasteiger partial charge < -0.3 is 20.3 Å². The highest BCUT2D eigenvalue weighted by molar-refractivity contribution is 5.76. The van der Waals surface area contributed by atoms with E-state index in [4.69, 9.17) is 4.74 Å². The van der Waals surface area contributed by atoms with E-state index in [1.165, 1.54) is 29.5 Å². The van der Waals surface area contributed by atoms with E-state index in [1.807, 2.05) is 0 Å². The zero-order chi connectivity index (χ0) is 23.5. The smallest absolute Gasteiger partial charge is 0.315 e. The van der Waals surface area contributed by atoms with Gasteiger partial charge in [0.1, 0.15) is 0 Å². The molecule has 0 aromatic heterocycles. The lowest BCUT2D eigenvalue weighted by Crippen LogP contribution is -2.67. The molecule has 2 amide bonds. The molecular formula is C28H39N3O2. The average molecular weight is 450 g/mol. The van der Waals surface area contributed by atoms with E-state index in [1.54, 1.807) is 7.11 Å². The number of carbonyl (C=O) groups is 1. The number of rotatable bonds is 8. The standard InChI is InChI=1S/C28H39N3O2/c1-27(2,29-26(32)30-28(3)20-31-17-15-25(28)16-18-31)24-13-11-23(12-14-24)22-9-7-21(8-10-22)6-5-19-33-4/h7-14,25H,5-6,15-20H2,1-4H3,(H2,29,30,32). The van der Waals surface area contributed by atoms with Crippen molar-refractivity contribution in [2.24, 2.45) is 5.92 Å². The number of carbonyl (C=O) groups excluding carboxylic acids is 1. The van der Waals surface area contributed by atoms with E-state index in [2.05, 4.69) is 84.8 Å². The number of methoxy groups -OCH3 is 1. The van der Waals surface area contributed by atoms with Crippen LogP contribution in [0.5, 0.6) is 0 Å². The molecule has 2 aromatic carbocycles. The lowest BCUT2D eigenvalue weighted by Gasteiger charge is -2.52. The molecule has 0 saturated carbocycles. The Morgan fingerprint density at radius 2 is 1.67 bits per heavy atom. The molecule has 2 aromatic rings. The predicted octanol–water partition coefficient (Wildman–Crippen LogP) is 4.95. The lowest BCUT2D eigenvalue weighted by molar-refractivity contribution is 0.0224. The van der Waals surface area contributed by atoms with Crippen LogP contribution in [0.3, 0.4) is 0 Å². The molecule has 0 radical (unpaired) electrons. The first kappa shape index (κ1) is 23.8. The highest BCUT2D eigenvalue weighted by Gasteiger charge is 2.44. The molecule has 3 heterocycles. The number of nitrogens with one attached hydrogen (secondary N) is 2. The summed E-state index contributed by atoms with van der Waals surface area (Å²) in [4.78, 5) is 15.4. The highest BCUT2D eigenvalue weighted by atomic mass is 16.5. The molecule has 5 nitrogen and oxygen atoms in total. The van der Waals surface area contributed by atoms with Gasteiger partial charge in [0, 0.05) is 20.3 Å². The summed E-state index contributed by atoms with van der Waals surface area (Å²) in [6.45, 7) is 10.4. The van der Waals surface area contributed by atoms with Gasteiger partial charge in [0.15, 0.2) is 0 Å². The van der Waals surface area contributed by atoms with E-state index in [-0.39, 0.29) is 11.6 Å². The van der Waals surface area contributed by atoms with Crippen LogP contribution in [0.25, 0.3) is 11.1 Å². The maximum atomic E-state index is 12.9. The molecule has 1 unspecified atom stereocenters. The molecule has 0 spiro atoms. The first-order valence-corrected chi connectivity index (χ1v) is 12.3. The molecule has 3 fully saturated rings. The molecule has 3 aliphatic rings. The minimum Gasteiger partial charge on any atom is -0.385 e. The van der Waals surface area contributed by atoms with Crippen molar-refractivity contribution in [3.63, 3.8) is 0 Å². The number of nitrogens with zero attached hydrogens (tertiary/aromatic N) is 1. The largest absolute Gasteiger partial charge is 0.385 e. The quantitative estimate of drug-likeness (QED) is 0.561. The van der Waals surface area contributed by atoms with Gasteiger partial charge in [-0.3, -0.25) is 0 Å². The zero-order valence-electron chi connectivity index (χ0n) is 20.6. The van der Waals surface area contributed by atoms with Gasteiger partial charge in [-0.1, -0.05) is 48.5 Å². The van der Waals surface area contributed by atoms with Gasteiger partial charge in [-0.15, -0.1) is 0 Å². The van der Waals surface area contributed by atoms with Gasteiger partial charge in [0.2, 0.25) is 0 Å². The van der Waals surface area contributed by atoms with Crippen LogP contribution in [0.1, 0.15) is 51.2 Å². The Balaban J connectivity index is 1.36. The summed E-state index contributed by atoms with van der Waals surface area (Å²) in [5, 5.41) is 6.53. The summed E-state index contributed by atoms with van der Waals surface area (Å²) in [6.07, 6.45) is 4.43. The SMILES string of the molecule is COCCCc1ccc(-c2ccc(C(C)(C)NC(=O)NC3(C)CN4CCC3CC4)cc2)cc1. The van der Waals surface area contributed by atoms with Crippen LogP contribution in [-0.2, 0) is 16.7 Å². The Morgan fingerprint density at radius 3 is 2.21 bits per heavy atom. The molecule has 0 aliphatic carbocycles. The first-order chi connectivity index (χ1) is 15.8. The number of ether oxygens (including phenoxy) is 1. The Kier molecular flexibility index (Phi) is 7.10. The molecule has 2 bridgehead atoms. The van der Waals surface area contributed by atoms with Gasteiger partial charge in [0.05, 0.1) is 11.1 Å². The van der Waals surface area contributed by atoms with Crippen LogP contribution in [0.2, 0.25) is 0 Å². The monoisotopic (exact) mass is 449 g/mol. The van der Waals surface area contributed by atoms with Crippen molar-refractivity contribution in [1.82, 2.24) is 15.5 Å². The van der Waals surface area contributed by atoms with Crippen LogP contribution in [0.4, 0.5) is 4.79 Å². The molecule has 5 heteroatoms. The number of piperidine rings is 3. The summed E-state index contributed by atoms with van der Waals surface area (Å²) in [7, 11) is 1.74. The van der Waals surface area contributed by atoms with E-state index in [0.29, 0.717) is 5.92 Å². The van der Waals surface area contributed by atoms with E-state index >= 15 is 0 Å². The van der Waals surface area contributed by atoms with Crippen molar-refractivity contribution in [3.8, 4) is 11.1 Å². The summed E-state index contributed by atoms with van der Waals surface area (Å²) in [6, 6.07) is 17.2. The number of hydrogen-bond acceptors (Lipinski definition) is 3. The van der Waals surface area contributed by atoms with Crippen molar-refractivity contribution in [1.29, 1.82) is 0 Å². The number of aryl methyl sites for hydroxylation is 1. The summed E-state index contributed by atoms with van der Waals surface area (Å²) >= 11 is 0.